The molecule has 5 heteroatoms. The second-order valence-electron chi connectivity index (χ2n) is 3.03. The van der Waals surface area contributed by atoms with Crippen molar-refractivity contribution in [1.29, 1.82) is 0 Å². The maximum absolute atomic E-state index is 5.24. The SMILES string of the molecule is C(=N\n1cncn1)/C1CCOCC1. The number of aromatic nitrogens is 3. The van der Waals surface area contributed by atoms with Crippen molar-refractivity contribution >= 4 is 6.21 Å². The molecule has 0 bridgehead atoms. The summed E-state index contributed by atoms with van der Waals surface area (Å²) >= 11 is 0. The Kier molecular flexibility index (Phi) is 2.66. The molecule has 5 nitrogen and oxygen atoms in total. The molecule has 1 aliphatic heterocycles. The fourth-order valence-corrected chi connectivity index (χ4v) is 1.29. The molecule has 1 saturated heterocycles. The zero-order valence-corrected chi connectivity index (χ0v) is 7.33. The molecule has 13 heavy (non-hydrogen) atoms. The van der Waals surface area contributed by atoms with Gasteiger partial charge in [0.1, 0.15) is 12.7 Å². The number of nitrogens with zero attached hydrogens (tertiary/aromatic N) is 4. The van der Waals surface area contributed by atoms with Gasteiger partial charge in [-0.2, -0.15) is 5.10 Å². The van der Waals surface area contributed by atoms with Crippen LogP contribution >= 0.6 is 0 Å². The van der Waals surface area contributed by atoms with Crippen LogP contribution in [0, 0.1) is 5.92 Å². The Balaban J connectivity index is 1.89. The van der Waals surface area contributed by atoms with Crippen molar-refractivity contribution in [2.45, 2.75) is 12.8 Å². The molecule has 0 aromatic carbocycles. The first kappa shape index (κ1) is 8.37. The molecule has 0 atom stereocenters. The number of ether oxygens (including phenoxy) is 1. The largest absolute Gasteiger partial charge is 0.381 e. The minimum absolute atomic E-state index is 0.526. The molecule has 1 aromatic rings. The summed E-state index contributed by atoms with van der Waals surface area (Å²) in [4.78, 5) is 5.27. The highest BCUT2D eigenvalue weighted by Gasteiger charge is 2.10. The molecule has 0 saturated carbocycles. The zero-order chi connectivity index (χ0) is 8.93. The van der Waals surface area contributed by atoms with Gasteiger partial charge in [0.05, 0.1) is 0 Å². The first-order valence-electron chi connectivity index (χ1n) is 4.42. The lowest BCUT2D eigenvalue weighted by Gasteiger charge is -2.17. The third kappa shape index (κ3) is 2.35. The second-order valence-corrected chi connectivity index (χ2v) is 3.03. The van der Waals surface area contributed by atoms with Crippen LogP contribution in [0.5, 0.6) is 0 Å². The van der Waals surface area contributed by atoms with Crippen LogP contribution in [0.4, 0.5) is 0 Å². The maximum Gasteiger partial charge on any atom is 0.139 e. The van der Waals surface area contributed by atoms with Crippen LogP contribution in [0.25, 0.3) is 0 Å². The molecule has 0 unspecified atom stereocenters. The molecule has 1 fully saturated rings. The van der Waals surface area contributed by atoms with E-state index in [1.54, 1.807) is 6.33 Å². The molecule has 2 rings (SSSR count). The normalized spacial score (nSPS) is 19.7. The van der Waals surface area contributed by atoms with Gasteiger partial charge >= 0.3 is 0 Å². The fraction of sp³-hybridized carbons (Fsp3) is 0.625. The Morgan fingerprint density at radius 1 is 1.46 bits per heavy atom. The topological polar surface area (TPSA) is 52.3 Å². The lowest BCUT2D eigenvalue weighted by molar-refractivity contribution is 0.0837. The molecule has 2 heterocycles. The Hall–Kier alpha value is -1.23. The molecule has 0 N–H and O–H groups in total. The summed E-state index contributed by atoms with van der Waals surface area (Å²) < 4.78 is 5.24. The van der Waals surface area contributed by atoms with Gasteiger partial charge in [0.15, 0.2) is 0 Å². The number of hydrogen-bond donors (Lipinski definition) is 0. The van der Waals surface area contributed by atoms with E-state index in [1.807, 2.05) is 6.21 Å². The molecule has 70 valence electrons. The van der Waals surface area contributed by atoms with Crippen molar-refractivity contribution in [2.75, 3.05) is 13.2 Å². The molecule has 0 aliphatic carbocycles. The predicted molar refractivity (Wildman–Crippen MR) is 47.5 cm³/mol. The van der Waals surface area contributed by atoms with E-state index >= 15 is 0 Å². The van der Waals surface area contributed by atoms with Crippen molar-refractivity contribution < 1.29 is 4.74 Å². The van der Waals surface area contributed by atoms with Crippen LogP contribution in [-0.2, 0) is 4.74 Å². The molecule has 1 aromatic heterocycles. The van der Waals surface area contributed by atoms with Gasteiger partial charge in [-0.05, 0) is 12.8 Å². The lowest BCUT2D eigenvalue weighted by Crippen LogP contribution is -2.16. The third-order valence-electron chi connectivity index (χ3n) is 2.07. The van der Waals surface area contributed by atoms with E-state index in [0.29, 0.717) is 5.92 Å². The lowest BCUT2D eigenvalue weighted by atomic mass is 10.0. The van der Waals surface area contributed by atoms with Crippen LogP contribution < -0.4 is 0 Å². The molecule has 1 aliphatic rings. The van der Waals surface area contributed by atoms with E-state index < -0.39 is 0 Å². The number of rotatable bonds is 2. The molecule has 0 radical (unpaired) electrons. The van der Waals surface area contributed by atoms with Gasteiger partial charge in [-0.25, -0.2) is 4.98 Å². The molecule has 0 amide bonds. The van der Waals surface area contributed by atoms with Crippen molar-refractivity contribution in [2.24, 2.45) is 11.0 Å². The van der Waals surface area contributed by atoms with Gasteiger partial charge in [-0.3, -0.25) is 0 Å². The highest BCUT2D eigenvalue weighted by atomic mass is 16.5. The van der Waals surface area contributed by atoms with Crippen molar-refractivity contribution in [3.05, 3.63) is 12.7 Å². The summed E-state index contributed by atoms with van der Waals surface area (Å²) in [5.74, 6) is 0.526. The third-order valence-corrected chi connectivity index (χ3v) is 2.07. The summed E-state index contributed by atoms with van der Waals surface area (Å²) in [7, 11) is 0. The maximum atomic E-state index is 5.24. The summed E-state index contributed by atoms with van der Waals surface area (Å²) in [6, 6.07) is 0. The Morgan fingerprint density at radius 2 is 2.31 bits per heavy atom. The Bertz CT molecular complexity index is 264. The minimum Gasteiger partial charge on any atom is -0.381 e. The van der Waals surface area contributed by atoms with Gasteiger partial charge in [0.25, 0.3) is 0 Å². The monoisotopic (exact) mass is 180 g/mol. The van der Waals surface area contributed by atoms with Gasteiger partial charge in [0.2, 0.25) is 0 Å². The second kappa shape index (κ2) is 4.13. The highest BCUT2D eigenvalue weighted by Crippen LogP contribution is 2.11. The van der Waals surface area contributed by atoms with Crippen LogP contribution in [0.3, 0.4) is 0 Å². The minimum atomic E-state index is 0.526. The quantitative estimate of drug-likeness (QED) is 0.624. The van der Waals surface area contributed by atoms with Crippen LogP contribution in [0.1, 0.15) is 12.8 Å². The van der Waals surface area contributed by atoms with Gasteiger partial charge in [-0.15, -0.1) is 9.89 Å². The first-order valence-corrected chi connectivity index (χ1v) is 4.42. The van der Waals surface area contributed by atoms with E-state index in [9.17, 15) is 0 Å². The molecular weight excluding hydrogens is 168 g/mol. The van der Waals surface area contributed by atoms with E-state index in [-0.39, 0.29) is 0 Å². The summed E-state index contributed by atoms with van der Waals surface area (Å²) in [6.07, 6.45) is 7.09. The van der Waals surface area contributed by atoms with Crippen LogP contribution in [-0.4, -0.2) is 34.3 Å². The van der Waals surface area contributed by atoms with E-state index in [0.717, 1.165) is 26.1 Å². The Morgan fingerprint density at radius 3 is 3.00 bits per heavy atom. The van der Waals surface area contributed by atoms with Crippen molar-refractivity contribution in [3.63, 3.8) is 0 Å². The molecular formula is C8H12N4O. The standard InChI is InChI=1S/C8H12N4O/c1-3-13-4-2-8(1)5-10-12-7-9-6-11-12/h5-8H,1-4H2/b10-5+. The smallest absolute Gasteiger partial charge is 0.139 e. The van der Waals surface area contributed by atoms with Crippen LogP contribution in [0.2, 0.25) is 0 Å². The van der Waals surface area contributed by atoms with E-state index in [1.165, 1.54) is 11.1 Å². The number of hydrogen-bond acceptors (Lipinski definition) is 4. The highest BCUT2D eigenvalue weighted by molar-refractivity contribution is 5.60. The van der Waals surface area contributed by atoms with Gasteiger partial charge in [0, 0.05) is 25.3 Å². The fourth-order valence-electron chi connectivity index (χ4n) is 1.29. The van der Waals surface area contributed by atoms with Crippen LogP contribution in [0.15, 0.2) is 17.8 Å². The van der Waals surface area contributed by atoms with E-state index in [4.69, 9.17) is 4.74 Å². The van der Waals surface area contributed by atoms with Crippen molar-refractivity contribution in [1.82, 2.24) is 14.9 Å². The van der Waals surface area contributed by atoms with Gasteiger partial charge < -0.3 is 4.74 Å². The van der Waals surface area contributed by atoms with Crippen molar-refractivity contribution in [3.8, 4) is 0 Å². The zero-order valence-electron chi connectivity index (χ0n) is 7.33. The van der Waals surface area contributed by atoms with E-state index in [2.05, 4.69) is 15.2 Å². The predicted octanol–water partition coefficient (Wildman–Crippen LogP) is 0.539. The summed E-state index contributed by atoms with van der Waals surface area (Å²) in [6.45, 7) is 1.68. The summed E-state index contributed by atoms with van der Waals surface area (Å²) in [5.41, 5.74) is 0. The summed E-state index contributed by atoms with van der Waals surface area (Å²) in [5, 5.41) is 8.03. The molecule has 0 spiro atoms. The average molecular weight is 180 g/mol. The van der Waals surface area contributed by atoms with Gasteiger partial charge in [-0.1, -0.05) is 0 Å². The Labute approximate surface area is 76.4 Å². The first-order chi connectivity index (χ1) is 6.45. The average Bonchev–Trinajstić information content (AvgIpc) is 2.69.